The molecule has 1 aromatic rings. The molecular formula is C14H18N2O2S2. The first-order valence-electron chi connectivity index (χ1n) is 6.61. The fourth-order valence-electron chi connectivity index (χ4n) is 3.32. The van der Waals surface area contributed by atoms with E-state index in [0.717, 1.165) is 16.8 Å². The standard InChI is InChI=1S/C14H18N2O2S2/c1-8-4-9(2)13(10(3)5-8)16-11-6-20(17,18)7-12(11)19-14(16)15/h4-5,11-12,15H,6-7H2,1-3H3/t11-,12-/m1/s1. The first-order valence-corrected chi connectivity index (χ1v) is 9.31. The summed E-state index contributed by atoms with van der Waals surface area (Å²) in [6, 6.07) is 4.10. The van der Waals surface area contributed by atoms with Crippen LogP contribution in [0.15, 0.2) is 12.1 Å². The minimum Gasteiger partial charge on any atom is -0.316 e. The van der Waals surface area contributed by atoms with Crippen molar-refractivity contribution in [2.24, 2.45) is 0 Å². The summed E-state index contributed by atoms with van der Waals surface area (Å²) in [5.74, 6) is 0.366. The Balaban J connectivity index is 2.08. The number of aryl methyl sites for hydroxylation is 3. The number of hydrogen-bond donors (Lipinski definition) is 1. The molecule has 108 valence electrons. The third kappa shape index (κ3) is 2.15. The van der Waals surface area contributed by atoms with Crippen molar-refractivity contribution < 1.29 is 8.42 Å². The highest BCUT2D eigenvalue weighted by molar-refractivity contribution is 8.15. The third-order valence-corrected chi connectivity index (χ3v) is 7.09. The average molecular weight is 310 g/mol. The first kappa shape index (κ1) is 13.9. The van der Waals surface area contributed by atoms with Gasteiger partial charge in [-0.2, -0.15) is 0 Å². The first-order chi connectivity index (χ1) is 9.28. The number of sulfone groups is 1. The topological polar surface area (TPSA) is 61.2 Å². The monoisotopic (exact) mass is 310 g/mol. The minimum absolute atomic E-state index is 0.00704. The number of nitrogens with one attached hydrogen (secondary N) is 1. The van der Waals surface area contributed by atoms with Gasteiger partial charge in [0.05, 0.1) is 17.5 Å². The lowest BCUT2D eigenvalue weighted by atomic mass is 10.0. The number of nitrogens with zero attached hydrogens (tertiary/aromatic N) is 1. The molecule has 2 atom stereocenters. The Bertz CT molecular complexity index is 674. The lowest BCUT2D eigenvalue weighted by Crippen LogP contribution is -2.38. The molecule has 4 nitrogen and oxygen atoms in total. The molecule has 0 aromatic heterocycles. The van der Waals surface area contributed by atoms with Gasteiger partial charge in [0.2, 0.25) is 0 Å². The molecule has 0 radical (unpaired) electrons. The maximum atomic E-state index is 11.8. The van der Waals surface area contributed by atoms with Crippen LogP contribution in [-0.2, 0) is 9.84 Å². The third-order valence-electron chi connectivity index (χ3n) is 3.96. The van der Waals surface area contributed by atoms with Gasteiger partial charge >= 0.3 is 0 Å². The number of fused-ring (bicyclic) bond motifs is 1. The summed E-state index contributed by atoms with van der Waals surface area (Å²) in [4.78, 5) is 1.93. The van der Waals surface area contributed by atoms with E-state index < -0.39 is 9.84 Å². The van der Waals surface area contributed by atoms with Crippen LogP contribution in [-0.4, -0.2) is 36.4 Å². The molecule has 0 unspecified atom stereocenters. The molecule has 20 heavy (non-hydrogen) atoms. The predicted molar refractivity (Wildman–Crippen MR) is 84.7 cm³/mol. The van der Waals surface area contributed by atoms with Gasteiger partial charge in [-0.3, -0.25) is 5.41 Å². The van der Waals surface area contributed by atoms with Gasteiger partial charge in [0, 0.05) is 10.9 Å². The Morgan fingerprint density at radius 3 is 2.40 bits per heavy atom. The molecule has 2 aliphatic heterocycles. The Kier molecular flexibility index (Phi) is 3.14. The van der Waals surface area contributed by atoms with E-state index >= 15 is 0 Å². The summed E-state index contributed by atoms with van der Waals surface area (Å²) in [6.07, 6.45) is 0. The molecule has 2 aliphatic rings. The molecule has 6 heteroatoms. The summed E-state index contributed by atoms with van der Waals surface area (Å²) in [5.41, 5.74) is 4.42. The summed E-state index contributed by atoms with van der Waals surface area (Å²) < 4.78 is 23.7. The largest absolute Gasteiger partial charge is 0.316 e. The highest BCUT2D eigenvalue weighted by atomic mass is 32.2. The van der Waals surface area contributed by atoms with E-state index in [1.807, 2.05) is 18.7 Å². The van der Waals surface area contributed by atoms with Gasteiger partial charge < -0.3 is 4.90 Å². The molecule has 1 N–H and O–H groups in total. The Morgan fingerprint density at radius 1 is 1.20 bits per heavy atom. The SMILES string of the molecule is Cc1cc(C)c(N2C(=N)S[C@@H]3CS(=O)(=O)C[C@H]32)c(C)c1. The van der Waals surface area contributed by atoms with E-state index in [0.29, 0.717) is 5.17 Å². The number of amidine groups is 1. The molecule has 0 spiro atoms. The van der Waals surface area contributed by atoms with Crippen LogP contribution >= 0.6 is 11.8 Å². The second kappa shape index (κ2) is 4.49. The molecule has 0 saturated carbocycles. The van der Waals surface area contributed by atoms with Gasteiger partial charge in [0.15, 0.2) is 15.0 Å². The van der Waals surface area contributed by atoms with Crippen molar-refractivity contribution in [1.82, 2.24) is 0 Å². The Labute approximate surface area is 124 Å². The van der Waals surface area contributed by atoms with Crippen LogP contribution in [0.25, 0.3) is 0 Å². The predicted octanol–water partition coefficient (Wildman–Crippen LogP) is 2.27. The molecule has 2 heterocycles. The van der Waals surface area contributed by atoms with Gasteiger partial charge in [0.1, 0.15) is 0 Å². The number of rotatable bonds is 1. The zero-order valence-electron chi connectivity index (χ0n) is 11.8. The minimum atomic E-state index is -2.96. The zero-order chi connectivity index (χ0) is 14.7. The summed E-state index contributed by atoms with van der Waals surface area (Å²) >= 11 is 1.39. The molecule has 0 amide bonds. The van der Waals surface area contributed by atoms with Crippen LogP contribution in [0.3, 0.4) is 0 Å². The average Bonchev–Trinajstić information content (AvgIpc) is 2.70. The van der Waals surface area contributed by atoms with Crippen LogP contribution in [0.4, 0.5) is 5.69 Å². The quantitative estimate of drug-likeness (QED) is 0.864. The van der Waals surface area contributed by atoms with Crippen LogP contribution in [0, 0.1) is 26.2 Å². The Hall–Kier alpha value is -1.01. The van der Waals surface area contributed by atoms with E-state index in [-0.39, 0.29) is 22.8 Å². The van der Waals surface area contributed by atoms with Crippen molar-refractivity contribution in [2.75, 3.05) is 16.4 Å². The zero-order valence-corrected chi connectivity index (χ0v) is 13.4. The number of hydrogen-bond acceptors (Lipinski definition) is 4. The molecular weight excluding hydrogens is 292 g/mol. The van der Waals surface area contributed by atoms with E-state index in [4.69, 9.17) is 5.41 Å². The normalized spacial score (nSPS) is 27.9. The summed E-state index contributed by atoms with van der Waals surface area (Å²) in [7, 11) is -2.96. The second-order valence-corrected chi connectivity index (χ2v) is 9.10. The van der Waals surface area contributed by atoms with Gasteiger partial charge in [0.25, 0.3) is 0 Å². The fourth-order valence-corrected chi connectivity index (χ4v) is 7.10. The molecule has 0 bridgehead atoms. The van der Waals surface area contributed by atoms with E-state index in [1.54, 1.807) is 0 Å². The van der Waals surface area contributed by atoms with Crippen molar-refractivity contribution in [1.29, 1.82) is 5.41 Å². The highest BCUT2D eigenvalue weighted by Crippen LogP contribution is 2.42. The summed E-state index contributed by atoms with van der Waals surface area (Å²) in [6.45, 7) is 6.12. The molecule has 0 aliphatic carbocycles. The fraction of sp³-hybridized carbons (Fsp3) is 0.500. The molecule has 2 saturated heterocycles. The lowest BCUT2D eigenvalue weighted by Gasteiger charge is -2.27. The maximum Gasteiger partial charge on any atom is 0.161 e. The summed E-state index contributed by atoms with van der Waals surface area (Å²) in [5, 5.41) is 8.70. The van der Waals surface area contributed by atoms with E-state index in [2.05, 4.69) is 19.1 Å². The van der Waals surface area contributed by atoms with E-state index in [9.17, 15) is 8.42 Å². The van der Waals surface area contributed by atoms with Crippen molar-refractivity contribution in [3.05, 3.63) is 28.8 Å². The number of thioether (sulfide) groups is 1. The van der Waals surface area contributed by atoms with Crippen molar-refractivity contribution >= 4 is 32.5 Å². The smallest absolute Gasteiger partial charge is 0.161 e. The maximum absolute atomic E-state index is 11.8. The van der Waals surface area contributed by atoms with Crippen LogP contribution in [0.2, 0.25) is 0 Å². The van der Waals surface area contributed by atoms with Crippen LogP contribution in [0.5, 0.6) is 0 Å². The second-order valence-electron chi connectivity index (χ2n) is 5.72. The Morgan fingerprint density at radius 2 is 1.80 bits per heavy atom. The van der Waals surface area contributed by atoms with Gasteiger partial charge in [-0.1, -0.05) is 29.5 Å². The van der Waals surface area contributed by atoms with Gasteiger partial charge in [-0.25, -0.2) is 8.42 Å². The van der Waals surface area contributed by atoms with Gasteiger partial charge in [-0.15, -0.1) is 0 Å². The molecule has 1 aromatic carbocycles. The van der Waals surface area contributed by atoms with Crippen molar-refractivity contribution in [3.63, 3.8) is 0 Å². The van der Waals surface area contributed by atoms with Crippen LogP contribution < -0.4 is 4.90 Å². The number of benzene rings is 1. The van der Waals surface area contributed by atoms with Gasteiger partial charge in [-0.05, 0) is 31.9 Å². The van der Waals surface area contributed by atoms with Crippen LogP contribution in [0.1, 0.15) is 16.7 Å². The van der Waals surface area contributed by atoms with Crippen molar-refractivity contribution in [3.8, 4) is 0 Å². The molecule has 3 rings (SSSR count). The number of anilines is 1. The molecule has 2 fully saturated rings. The highest BCUT2D eigenvalue weighted by Gasteiger charge is 2.49. The van der Waals surface area contributed by atoms with E-state index in [1.165, 1.54) is 17.3 Å². The van der Waals surface area contributed by atoms with Crippen molar-refractivity contribution in [2.45, 2.75) is 32.1 Å². The lowest BCUT2D eigenvalue weighted by molar-refractivity contribution is 0.601.